The number of ether oxygens (including phenoxy) is 1. The molecule has 0 aliphatic carbocycles. The van der Waals surface area contributed by atoms with Gasteiger partial charge in [0.2, 0.25) is 5.91 Å². The first-order chi connectivity index (χ1) is 14.0. The van der Waals surface area contributed by atoms with Crippen LogP contribution >= 0.6 is 11.8 Å². The van der Waals surface area contributed by atoms with Crippen LogP contribution in [-0.2, 0) is 9.67 Å². The minimum absolute atomic E-state index is 0.00105. The van der Waals surface area contributed by atoms with Crippen LogP contribution in [-0.4, -0.2) is 34.3 Å². The van der Waals surface area contributed by atoms with Gasteiger partial charge >= 0.3 is 0 Å². The lowest BCUT2D eigenvalue weighted by Gasteiger charge is -2.45. The molecule has 29 heavy (non-hydrogen) atoms. The van der Waals surface area contributed by atoms with Gasteiger partial charge in [-0.1, -0.05) is 30.0 Å². The standard InChI is InChI=1S/C20H19F2N3O3S/c1-12(26)25-20(29-19(24-25)15-10-14(21)6-7-17(15)22)13(8-9-23-27)11-28-18-5-3-2-4-16(18)20/h2-7,10,13,23,27H,8-9,11H2,1H3/t13-,20-/m0/s1. The minimum atomic E-state index is -0.994. The molecule has 0 saturated heterocycles. The van der Waals surface area contributed by atoms with Crippen LogP contribution < -0.4 is 10.2 Å². The van der Waals surface area contributed by atoms with Gasteiger partial charge in [-0.3, -0.25) is 4.79 Å². The van der Waals surface area contributed by atoms with Crippen LogP contribution in [0.3, 0.4) is 0 Å². The molecule has 0 saturated carbocycles. The molecule has 2 N–H and O–H groups in total. The lowest BCUT2D eigenvalue weighted by Crippen LogP contribution is -2.51. The Kier molecular flexibility index (Phi) is 5.28. The van der Waals surface area contributed by atoms with Crippen molar-refractivity contribution >= 4 is 22.7 Å². The number of carbonyl (C=O) groups is 1. The number of para-hydroxylation sites is 1. The molecule has 0 unspecified atom stereocenters. The molecular weight excluding hydrogens is 400 g/mol. The number of amides is 1. The SMILES string of the molecule is CC(=O)N1N=C(c2cc(F)ccc2F)S[C@@]12c1ccccc1OC[C@@H]2CCNO. The Labute approximate surface area is 170 Å². The fraction of sp³-hybridized carbons (Fsp3) is 0.300. The molecular formula is C20H19F2N3O3S. The fourth-order valence-electron chi connectivity index (χ4n) is 3.81. The van der Waals surface area contributed by atoms with Crippen molar-refractivity contribution in [2.24, 2.45) is 11.0 Å². The normalized spacial score (nSPS) is 23.0. The Balaban J connectivity index is 1.87. The summed E-state index contributed by atoms with van der Waals surface area (Å²) in [6, 6.07) is 10.5. The molecule has 1 spiro atoms. The van der Waals surface area contributed by atoms with Crippen LogP contribution in [0.4, 0.5) is 8.78 Å². The Bertz CT molecular complexity index is 987. The quantitative estimate of drug-likeness (QED) is 0.743. The average molecular weight is 419 g/mol. The van der Waals surface area contributed by atoms with Crippen LogP contribution in [0.15, 0.2) is 47.6 Å². The molecule has 2 aromatic carbocycles. The lowest BCUT2D eigenvalue weighted by molar-refractivity contribution is -0.134. The van der Waals surface area contributed by atoms with Crippen molar-refractivity contribution < 1.29 is 23.5 Å². The molecule has 6 nitrogen and oxygen atoms in total. The first-order valence-electron chi connectivity index (χ1n) is 9.10. The summed E-state index contributed by atoms with van der Waals surface area (Å²) >= 11 is 1.21. The van der Waals surface area contributed by atoms with Crippen LogP contribution in [0.1, 0.15) is 24.5 Å². The van der Waals surface area contributed by atoms with Gasteiger partial charge in [-0.05, 0) is 30.7 Å². The second-order valence-corrected chi connectivity index (χ2v) is 8.07. The third-order valence-corrected chi connectivity index (χ3v) is 6.62. The third kappa shape index (κ3) is 3.29. The number of carbonyl (C=O) groups excluding carboxylic acids is 1. The van der Waals surface area contributed by atoms with Crippen LogP contribution in [0.25, 0.3) is 0 Å². The maximum Gasteiger partial charge on any atom is 0.241 e. The third-order valence-electron chi connectivity index (χ3n) is 5.09. The predicted octanol–water partition coefficient (Wildman–Crippen LogP) is 3.45. The highest BCUT2D eigenvalue weighted by Gasteiger charge is 2.56. The molecule has 2 aliphatic heterocycles. The molecule has 2 atom stereocenters. The Morgan fingerprint density at radius 1 is 1.38 bits per heavy atom. The van der Waals surface area contributed by atoms with Gasteiger partial charge in [-0.25, -0.2) is 19.3 Å². The predicted molar refractivity (Wildman–Crippen MR) is 105 cm³/mol. The van der Waals surface area contributed by atoms with E-state index >= 15 is 0 Å². The largest absolute Gasteiger partial charge is 0.493 e. The molecule has 9 heteroatoms. The van der Waals surface area contributed by atoms with Crippen molar-refractivity contribution in [3.8, 4) is 5.75 Å². The van der Waals surface area contributed by atoms with Gasteiger partial charge in [0.15, 0.2) is 4.87 Å². The average Bonchev–Trinajstić information content (AvgIpc) is 3.11. The van der Waals surface area contributed by atoms with Gasteiger partial charge in [-0.2, -0.15) is 5.10 Å². The number of hydrogen-bond donors (Lipinski definition) is 2. The topological polar surface area (TPSA) is 74.2 Å². The van der Waals surface area contributed by atoms with Crippen LogP contribution in [0.5, 0.6) is 5.75 Å². The molecule has 0 radical (unpaired) electrons. The summed E-state index contributed by atoms with van der Waals surface area (Å²) in [7, 11) is 0. The van der Waals surface area contributed by atoms with Gasteiger partial charge in [0, 0.05) is 30.5 Å². The zero-order chi connectivity index (χ0) is 20.6. The van der Waals surface area contributed by atoms with E-state index in [1.807, 2.05) is 18.2 Å². The molecule has 2 aromatic rings. The zero-order valence-corrected chi connectivity index (χ0v) is 16.4. The van der Waals surface area contributed by atoms with Crippen LogP contribution in [0, 0.1) is 17.6 Å². The van der Waals surface area contributed by atoms with E-state index in [4.69, 9.17) is 9.94 Å². The molecule has 2 heterocycles. The van der Waals surface area contributed by atoms with E-state index in [0.717, 1.165) is 23.8 Å². The second kappa shape index (κ2) is 7.74. The van der Waals surface area contributed by atoms with E-state index < -0.39 is 16.5 Å². The molecule has 0 bridgehead atoms. The van der Waals surface area contributed by atoms with Crippen molar-refractivity contribution in [2.75, 3.05) is 13.2 Å². The van der Waals surface area contributed by atoms with Gasteiger partial charge in [0.05, 0.1) is 6.61 Å². The second-order valence-electron chi connectivity index (χ2n) is 6.86. The van der Waals surface area contributed by atoms with E-state index in [2.05, 4.69) is 10.6 Å². The molecule has 1 amide bonds. The number of fused-ring (bicyclic) bond motifs is 2. The summed E-state index contributed by atoms with van der Waals surface area (Å²) in [6.45, 7) is 1.94. The van der Waals surface area contributed by atoms with E-state index in [0.29, 0.717) is 12.2 Å². The summed E-state index contributed by atoms with van der Waals surface area (Å²) in [5.41, 5.74) is 2.86. The van der Waals surface area contributed by atoms with Crippen molar-refractivity contribution in [3.63, 3.8) is 0 Å². The van der Waals surface area contributed by atoms with Gasteiger partial charge in [0.25, 0.3) is 0 Å². The molecule has 152 valence electrons. The number of benzene rings is 2. The molecule has 0 aromatic heterocycles. The molecule has 0 fully saturated rings. The van der Waals surface area contributed by atoms with Gasteiger partial charge in [0.1, 0.15) is 22.4 Å². The van der Waals surface area contributed by atoms with Crippen molar-refractivity contribution in [1.82, 2.24) is 10.5 Å². The highest BCUT2D eigenvalue weighted by molar-refractivity contribution is 8.15. The Hall–Kier alpha value is -2.49. The van der Waals surface area contributed by atoms with E-state index in [-0.39, 0.29) is 35.6 Å². The number of rotatable bonds is 4. The Morgan fingerprint density at radius 2 is 2.17 bits per heavy atom. The van der Waals surface area contributed by atoms with Gasteiger partial charge < -0.3 is 9.94 Å². The lowest BCUT2D eigenvalue weighted by atomic mass is 9.86. The molecule has 4 rings (SSSR count). The van der Waals surface area contributed by atoms with E-state index in [1.54, 1.807) is 6.07 Å². The van der Waals surface area contributed by atoms with E-state index in [9.17, 15) is 13.6 Å². The number of halogens is 2. The number of nitrogens with one attached hydrogen (secondary N) is 1. The first kappa shape index (κ1) is 19.8. The number of hydrazone groups is 1. The highest BCUT2D eigenvalue weighted by atomic mass is 32.2. The summed E-state index contributed by atoms with van der Waals surface area (Å²) in [5, 5.41) is 15.1. The van der Waals surface area contributed by atoms with Crippen molar-refractivity contribution in [3.05, 3.63) is 65.2 Å². The Morgan fingerprint density at radius 3 is 2.93 bits per heavy atom. The number of hydrogen-bond acceptors (Lipinski definition) is 6. The highest BCUT2D eigenvalue weighted by Crippen LogP contribution is 2.57. The van der Waals surface area contributed by atoms with Crippen molar-refractivity contribution in [2.45, 2.75) is 18.2 Å². The smallest absolute Gasteiger partial charge is 0.241 e. The maximum absolute atomic E-state index is 14.5. The number of nitrogens with zero attached hydrogens (tertiary/aromatic N) is 2. The fourth-order valence-corrected chi connectivity index (χ4v) is 5.38. The monoisotopic (exact) mass is 419 g/mol. The summed E-state index contributed by atoms with van der Waals surface area (Å²) in [5.74, 6) is -1.19. The summed E-state index contributed by atoms with van der Waals surface area (Å²) < 4.78 is 34.2. The summed E-state index contributed by atoms with van der Waals surface area (Å²) in [4.78, 5) is 11.6. The van der Waals surface area contributed by atoms with Crippen LogP contribution in [0.2, 0.25) is 0 Å². The minimum Gasteiger partial charge on any atom is -0.493 e. The van der Waals surface area contributed by atoms with Crippen molar-refractivity contribution in [1.29, 1.82) is 0 Å². The van der Waals surface area contributed by atoms with E-state index in [1.165, 1.54) is 23.7 Å². The number of thioether (sulfide) groups is 1. The maximum atomic E-state index is 14.5. The summed E-state index contributed by atoms with van der Waals surface area (Å²) in [6.07, 6.45) is 0.468. The molecule has 2 aliphatic rings. The van der Waals surface area contributed by atoms with Gasteiger partial charge in [-0.15, -0.1) is 0 Å². The first-order valence-corrected chi connectivity index (χ1v) is 9.92. The number of hydroxylamine groups is 1. The zero-order valence-electron chi connectivity index (χ0n) is 15.6.